The number of hydrogen-bond acceptors (Lipinski definition) is 2. The van der Waals surface area contributed by atoms with Crippen LogP contribution < -0.4 is 0 Å². The summed E-state index contributed by atoms with van der Waals surface area (Å²) in [7, 11) is -2.16. The van der Waals surface area contributed by atoms with Crippen molar-refractivity contribution in [2.75, 3.05) is 5.75 Å². The molecule has 3 heteroatoms. The van der Waals surface area contributed by atoms with Gasteiger partial charge in [-0.25, -0.2) is 8.42 Å². The van der Waals surface area contributed by atoms with Gasteiger partial charge in [-0.05, 0) is 11.8 Å². The molecule has 0 fully saturated rings. The maximum Gasteiger partial charge on any atom is 0.140 e. The molecule has 0 N–H and O–H groups in total. The van der Waals surface area contributed by atoms with Crippen LogP contribution in [0.15, 0.2) is 0 Å². The van der Waals surface area contributed by atoms with Crippen molar-refractivity contribution >= 4 is 10.7 Å². The van der Waals surface area contributed by atoms with Gasteiger partial charge in [0.25, 0.3) is 0 Å². The summed E-state index contributed by atoms with van der Waals surface area (Å²) in [5, 5.41) is 0. The van der Waals surface area contributed by atoms with E-state index in [2.05, 4.69) is 0 Å². The summed E-state index contributed by atoms with van der Waals surface area (Å²) in [5.74, 6) is 0.318. The monoisotopic (exact) mass is 150 g/mol. The largest absolute Gasteiger partial charge is 0.232 e. The van der Waals surface area contributed by atoms with E-state index in [0.29, 0.717) is 5.75 Å². The molecule has 0 aliphatic carbocycles. The lowest BCUT2D eigenvalue weighted by Crippen LogP contribution is -2.07. The molecule has 0 aromatic carbocycles. The Morgan fingerprint density at radius 1 is 1.22 bits per heavy atom. The molecule has 0 saturated carbocycles. The van der Waals surface area contributed by atoms with Gasteiger partial charge in [0.05, 0.1) is 0 Å². The van der Waals surface area contributed by atoms with Crippen LogP contribution in [0.2, 0.25) is 0 Å². The van der Waals surface area contributed by atoms with Gasteiger partial charge in [-0.2, -0.15) is 0 Å². The van der Waals surface area contributed by atoms with Gasteiger partial charge in [-0.1, -0.05) is 20.8 Å². The van der Waals surface area contributed by atoms with Crippen LogP contribution >= 0.6 is 0 Å². The minimum Gasteiger partial charge on any atom is -0.232 e. The van der Waals surface area contributed by atoms with E-state index in [1.165, 1.54) is 0 Å². The molecule has 0 heterocycles. The third kappa shape index (κ3) is 7.95. The molecule has 0 rings (SSSR count). The molecule has 0 saturated heterocycles. The van der Waals surface area contributed by atoms with Crippen molar-refractivity contribution in [1.82, 2.24) is 0 Å². The predicted octanol–water partition coefficient (Wildman–Crippen LogP) is 1.03. The smallest absolute Gasteiger partial charge is 0.140 e. The third-order valence-electron chi connectivity index (χ3n) is 1.04. The fraction of sp³-hybridized carbons (Fsp3) is 1.00. The molecular formula is C6H14O2S. The molecule has 0 amide bonds. The van der Waals surface area contributed by atoms with Gasteiger partial charge in [0.15, 0.2) is 0 Å². The van der Waals surface area contributed by atoms with Crippen molar-refractivity contribution in [1.29, 1.82) is 0 Å². The van der Waals surface area contributed by atoms with Gasteiger partial charge in [0.1, 0.15) is 10.7 Å². The van der Waals surface area contributed by atoms with E-state index in [1.54, 1.807) is 0 Å². The van der Waals surface area contributed by atoms with E-state index in [-0.39, 0.29) is 5.41 Å². The van der Waals surface area contributed by atoms with E-state index >= 15 is 0 Å². The molecule has 0 spiro atoms. The minimum atomic E-state index is -2.16. The molecule has 9 heavy (non-hydrogen) atoms. The number of rotatable bonds is 2. The van der Waals surface area contributed by atoms with E-state index in [1.807, 2.05) is 20.8 Å². The molecular weight excluding hydrogens is 136 g/mol. The summed E-state index contributed by atoms with van der Waals surface area (Å²) in [6.07, 6.45) is 0.756. The summed E-state index contributed by atoms with van der Waals surface area (Å²) >= 11 is 0. The first-order chi connectivity index (χ1) is 3.92. The summed E-state index contributed by atoms with van der Waals surface area (Å²) in [4.78, 5) is 0. The molecule has 0 atom stereocenters. The van der Waals surface area contributed by atoms with Gasteiger partial charge in [0, 0.05) is 5.75 Å². The van der Waals surface area contributed by atoms with Crippen molar-refractivity contribution in [3.8, 4) is 0 Å². The number of hydrogen-bond donors (Lipinski definition) is 1. The normalized spacial score (nSPS) is 12.4. The molecule has 2 nitrogen and oxygen atoms in total. The topological polar surface area (TPSA) is 34.1 Å². The van der Waals surface area contributed by atoms with Crippen LogP contribution in [-0.4, -0.2) is 14.2 Å². The standard InChI is InChI=1S/C6H14O2S/c1-6(2,3)4-5-9(7)8/h9H,4-5H2,1-3H3. The van der Waals surface area contributed by atoms with Crippen molar-refractivity contribution in [2.45, 2.75) is 27.2 Å². The highest BCUT2D eigenvalue weighted by molar-refractivity contribution is 7.72. The van der Waals surface area contributed by atoms with Crippen LogP contribution in [0.1, 0.15) is 27.2 Å². The van der Waals surface area contributed by atoms with Crippen LogP contribution in [-0.2, 0) is 10.7 Å². The summed E-state index contributed by atoms with van der Waals surface area (Å²) in [6.45, 7) is 6.10. The quantitative estimate of drug-likeness (QED) is 0.597. The first kappa shape index (κ1) is 8.95. The lowest BCUT2D eigenvalue weighted by Gasteiger charge is -2.14. The van der Waals surface area contributed by atoms with Crippen molar-refractivity contribution < 1.29 is 8.42 Å². The molecule has 0 aromatic heterocycles. The second-order valence-electron chi connectivity index (χ2n) is 3.37. The summed E-state index contributed by atoms with van der Waals surface area (Å²) < 4.78 is 20.2. The summed E-state index contributed by atoms with van der Waals surface area (Å²) in [5.41, 5.74) is 0.148. The van der Waals surface area contributed by atoms with Crippen molar-refractivity contribution in [3.63, 3.8) is 0 Å². The molecule has 0 unspecified atom stereocenters. The lowest BCUT2D eigenvalue weighted by atomic mass is 9.94. The zero-order valence-corrected chi connectivity index (χ0v) is 7.07. The van der Waals surface area contributed by atoms with E-state index in [9.17, 15) is 8.42 Å². The highest BCUT2D eigenvalue weighted by Crippen LogP contribution is 2.17. The average Bonchev–Trinajstić information content (AvgIpc) is 1.59. The van der Waals surface area contributed by atoms with Gasteiger partial charge >= 0.3 is 0 Å². The zero-order chi connectivity index (χ0) is 7.49. The number of thiol groups is 1. The molecule has 0 aliphatic heterocycles. The maximum atomic E-state index is 10.1. The minimum absolute atomic E-state index is 0.148. The predicted molar refractivity (Wildman–Crippen MR) is 39.3 cm³/mol. The molecule has 0 aliphatic rings. The molecule has 0 aromatic rings. The highest BCUT2D eigenvalue weighted by Gasteiger charge is 2.09. The first-order valence-electron chi connectivity index (χ1n) is 3.03. The van der Waals surface area contributed by atoms with E-state index in [4.69, 9.17) is 0 Å². The van der Waals surface area contributed by atoms with Crippen molar-refractivity contribution in [3.05, 3.63) is 0 Å². The second kappa shape index (κ2) is 3.20. The van der Waals surface area contributed by atoms with Crippen LogP contribution in [0.5, 0.6) is 0 Å². The zero-order valence-electron chi connectivity index (χ0n) is 6.18. The van der Waals surface area contributed by atoms with Crippen LogP contribution in [0, 0.1) is 5.41 Å². The molecule has 56 valence electrons. The highest BCUT2D eigenvalue weighted by atomic mass is 32.2. The Balaban J connectivity index is 3.52. The van der Waals surface area contributed by atoms with Gasteiger partial charge in [-0.15, -0.1) is 0 Å². The van der Waals surface area contributed by atoms with Gasteiger partial charge in [-0.3, -0.25) is 0 Å². The lowest BCUT2D eigenvalue weighted by molar-refractivity contribution is 0.398. The van der Waals surface area contributed by atoms with E-state index in [0.717, 1.165) is 6.42 Å². The molecule has 0 bridgehead atoms. The fourth-order valence-electron chi connectivity index (χ4n) is 0.427. The first-order valence-corrected chi connectivity index (χ1v) is 4.40. The Labute approximate surface area is 58.2 Å². The Bertz CT molecular complexity index is 134. The third-order valence-corrected chi connectivity index (χ3v) is 1.63. The maximum absolute atomic E-state index is 10.1. The summed E-state index contributed by atoms with van der Waals surface area (Å²) in [6, 6.07) is 0. The Hall–Kier alpha value is -0.0500. The fourth-order valence-corrected chi connectivity index (χ4v) is 1.28. The molecule has 0 radical (unpaired) electrons. The SMILES string of the molecule is CC(C)(C)CC[SH](=O)=O. The van der Waals surface area contributed by atoms with Crippen LogP contribution in [0.25, 0.3) is 0 Å². The Morgan fingerprint density at radius 3 is 1.78 bits per heavy atom. The Kier molecular flexibility index (Phi) is 3.18. The van der Waals surface area contributed by atoms with Gasteiger partial charge < -0.3 is 0 Å². The van der Waals surface area contributed by atoms with Crippen LogP contribution in [0.4, 0.5) is 0 Å². The average molecular weight is 150 g/mol. The van der Waals surface area contributed by atoms with Crippen molar-refractivity contribution in [2.24, 2.45) is 5.41 Å². The van der Waals surface area contributed by atoms with E-state index < -0.39 is 10.7 Å². The second-order valence-corrected chi connectivity index (χ2v) is 4.48. The van der Waals surface area contributed by atoms with Crippen LogP contribution in [0.3, 0.4) is 0 Å². The van der Waals surface area contributed by atoms with Gasteiger partial charge in [0.2, 0.25) is 0 Å². The Morgan fingerprint density at radius 2 is 1.67 bits per heavy atom.